The van der Waals surface area contributed by atoms with Crippen LogP contribution in [0.4, 0.5) is 0 Å². The molecule has 0 aromatic rings. The van der Waals surface area contributed by atoms with E-state index in [0.29, 0.717) is 13.2 Å². The van der Waals surface area contributed by atoms with Gasteiger partial charge in [-0.15, -0.1) is 0 Å². The van der Waals surface area contributed by atoms with Crippen LogP contribution in [0.15, 0.2) is 0 Å². The highest BCUT2D eigenvalue weighted by Gasteiger charge is 2.28. The molecule has 1 N–H and O–H groups in total. The summed E-state index contributed by atoms with van der Waals surface area (Å²) in [5.74, 6) is -0.222. The molecule has 0 unspecified atom stereocenters. The molecule has 4 nitrogen and oxygen atoms in total. The summed E-state index contributed by atoms with van der Waals surface area (Å²) < 4.78 is 5.01. The second-order valence-electron chi connectivity index (χ2n) is 5.33. The Bertz CT molecular complexity index is 277. The van der Waals surface area contributed by atoms with Crippen molar-refractivity contribution in [3.63, 3.8) is 0 Å². The zero-order valence-electron chi connectivity index (χ0n) is 10.9. The van der Waals surface area contributed by atoms with E-state index >= 15 is 0 Å². The molecular formula is C12H22N2O2. The smallest absolute Gasteiger partial charge is 0.239 e. The van der Waals surface area contributed by atoms with Crippen LogP contribution in [0.5, 0.6) is 0 Å². The van der Waals surface area contributed by atoms with E-state index in [1.165, 1.54) is 0 Å². The van der Waals surface area contributed by atoms with E-state index in [4.69, 9.17) is 10.00 Å². The van der Waals surface area contributed by atoms with Crippen molar-refractivity contribution < 1.29 is 9.53 Å². The molecule has 0 fully saturated rings. The molecule has 0 spiro atoms. The Balaban J connectivity index is 4.15. The normalized spacial score (nSPS) is 12.0. The summed E-state index contributed by atoms with van der Waals surface area (Å²) in [7, 11) is 1.66. The summed E-state index contributed by atoms with van der Waals surface area (Å²) in [6.07, 6.45) is 0.872. The maximum absolute atomic E-state index is 11.7. The van der Waals surface area contributed by atoms with E-state index in [-0.39, 0.29) is 11.3 Å². The van der Waals surface area contributed by atoms with E-state index in [1.54, 1.807) is 21.0 Å². The second kappa shape index (κ2) is 5.86. The number of methoxy groups -OCH3 is 1. The fourth-order valence-corrected chi connectivity index (χ4v) is 1.06. The lowest BCUT2D eigenvalue weighted by Crippen LogP contribution is -2.41. The zero-order chi connectivity index (χ0) is 12.8. The van der Waals surface area contributed by atoms with Crippen molar-refractivity contribution in [3.8, 4) is 6.07 Å². The molecule has 0 aliphatic carbocycles. The molecule has 16 heavy (non-hydrogen) atoms. The van der Waals surface area contributed by atoms with Crippen molar-refractivity contribution in [3.05, 3.63) is 0 Å². The van der Waals surface area contributed by atoms with Gasteiger partial charge in [-0.05, 0) is 25.7 Å². The van der Waals surface area contributed by atoms with Gasteiger partial charge in [-0.3, -0.25) is 4.79 Å². The maximum Gasteiger partial charge on any atom is 0.239 e. The number of amides is 1. The van der Waals surface area contributed by atoms with Crippen LogP contribution in [0.25, 0.3) is 0 Å². The highest BCUT2D eigenvalue weighted by atomic mass is 16.5. The Labute approximate surface area is 98.0 Å². The molecule has 92 valence electrons. The minimum Gasteiger partial charge on any atom is -0.385 e. The lowest BCUT2D eigenvalue weighted by molar-refractivity contribution is -0.127. The largest absolute Gasteiger partial charge is 0.385 e. The highest BCUT2D eigenvalue weighted by Crippen LogP contribution is 2.20. The van der Waals surface area contributed by atoms with E-state index in [2.05, 4.69) is 19.2 Å². The Hall–Kier alpha value is -1.08. The highest BCUT2D eigenvalue weighted by molar-refractivity contribution is 5.84. The molecule has 0 rings (SSSR count). The topological polar surface area (TPSA) is 62.1 Å². The van der Waals surface area contributed by atoms with Gasteiger partial charge >= 0.3 is 0 Å². The number of nitriles is 1. The Morgan fingerprint density at radius 1 is 1.38 bits per heavy atom. The van der Waals surface area contributed by atoms with Gasteiger partial charge in [0, 0.05) is 20.3 Å². The van der Waals surface area contributed by atoms with Crippen molar-refractivity contribution in [1.82, 2.24) is 5.32 Å². The van der Waals surface area contributed by atoms with Crippen LogP contribution >= 0.6 is 0 Å². The summed E-state index contributed by atoms with van der Waals surface area (Å²) in [6, 6.07) is 1.98. The summed E-state index contributed by atoms with van der Waals surface area (Å²) in [6.45, 7) is 8.58. The molecule has 0 atom stereocenters. The minimum atomic E-state index is -0.961. The Morgan fingerprint density at radius 2 is 1.94 bits per heavy atom. The quantitative estimate of drug-likeness (QED) is 0.750. The summed E-state index contributed by atoms with van der Waals surface area (Å²) in [5, 5.41) is 11.6. The van der Waals surface area contributed by atoms with E-state index in [1.807, 2.05) is 6.07 Å². The first kappa shape index (κ1) is 14.9. The van der Waals surface area contributed by atoms with Crippen LogP contribution in [0.2, 0.25) is 0 Å². The average molecular weight is 226 g/mol. The monoisotopic (exact) mass is 226 g/mol. The average Bonchev–Trinajstić information content (AvgIpc) is 2.23. The van der Waals surface area contributed by atoms with Crippen molar-refractivity contribution in [1.29, 1.82) is 5.26 Å². The molecule has 0 heterocycles. The number of hydrogen-bond donors (Lipinski definition) is 1. The zero-order valence-corrected chi connectivity index (χ0v) is 10.9. The molecule has 0 aliphatic rings. The van der Waals surface area contributed by atoms with Gasteiger partial charge in [0.2, 0.25) is 5.91 Å². The summed E-state index contributed by atoms with van der Waals surface area (Å²) in [5.41, 5.74) is -0.978. The van der Waals surface area contributed by atoms with Crippen LogP contribution in [0.1, 0.15) is 34.1 Å². The molecule has 0 bridgehead atoms. The third-order valence-electron chi connectivity index (χ3n) is 2.56. The molecule has 0 aromatic carbocycles. The molecule has 0 aromatic heterocycles. The van der Waals surface area contributed by atoms with Crippen molar-refractivity contribution >= 4 is 5.91 Å². The van der Waals surface area contributed by atoms with E-state index in [0.717, 1.165) is 6.42 Å². The number of rotatable bonds is 6. The number of carbonyl (C=O) groups is 1. The van der Waals surface area contributed by atoms with Gasteiger partial charge in [0.1, 0.15) is 5.41 Å². The molecule has 0 saturated heterocycles. The summed E-state index contributed by atoms with van der Waals surface area (Å²) in [4.78, 5) is 11.7. The third kappa shape index (κ3) is 5.13. The number of carbonyl (C=O) groups excluding carboxylic acids is 1. The summed E-state index contributed by atoms with van der Waals surface area (Å²) >= 11 is 0. The number of hydrogen-bond acceptors (Lipinski definition) is 3. The Kier molecular flexibility index (Phi) is 5.46. The molecule has 1 amide bonds. The fourth-order valence-electron chi connectivity index (χ4n) is 1.06. The lowest BCUT2D eigenvalue weighted by atomic mass is 9.88. The van der Waals surface area contributed by atoms with Gasteiger partial charge < -0.3 is 10.1 Å². The van der Waals surface area contributed by atoms with Crippen LogP contribution in [-0.2, 0) is 9.53 Å². The first-order chi connectivity index (χ1) is 7.25. The maximum atomic E-state index is 11.7. The molecule has 0 radical (unpaired) electrons. The first-order valence-corrected chi connectivity index (χ1v) is 5.44. The number of ether oxygens (including phenoxy) is 1. The number of nitrogens with zero attached hydrogens (tertiary/aromatic N) is 1. The molecule has 0 aliphatic heterocycles. The second-order valence-corrected chi connectivity index (χ2v) is 5.33. The standard InChI is InChI=1S/C12H22N2O2/c1-11(2,6-7-16-5)9-14-10(15)12(3,4)8-13/h6-7,9H2,1-5H3,(H,14,15). The number of nitrogens with one attached hydrogen (secondary N) is 1. The predicted octanol–water partition coefficient (Wildman–Crippen LogP) is 1.72. The molecule has 4 heteroatoms. The van der Waals surface area contributed by atoms with Gasteiger partial charge in [0.25, 0.3) is 0 Å². The fraction of sp³-hybridized carbons (Fsp3) is 0.833. The van der Waals surface area contributed by atoms with Gasteiger partial charge in [-0.25, -0.2) is 0 Å². The van der Waals surface area contributed by atoms with Crippen molar-refractivity contribution in [2.75, 3.05) is 20.3 Å². The van der Waals surface area contributed by atoms with Crippen molar-refractivity contribution in [2.45, 2.75) is 34.1 Å². The Morgan fingerprint density at radius 3 is 2.38 bits per heavy atom. The van der Waals surface area contributed by atoms with Crippen molar-refractivity contribution in [2.24, 2.45) is 10.8 Å². The first-order valence-electron chi connectivity index (χ1n) is 5.44. The van der Waals surface area contributed by atoms with Crippen LogP contribution in [-0.4, -0.2) is 26.2 Å². The van der Waals surface area contributed by atoms with E-state index < -0.39 is 5.41 Å². The third-order valence-corrected chi connectivity index (χ3v) is 2.56. The SMILES string of the molecule is COCCC(C)(C)CNC(=O)C(C)(C)C#N. The molecular weight excluding hydrogens is 204 g/mol. The predicted molar refractivity (Wildman–Crippen MR) is 62.7 cm³/mol. The lowest BCUT2D eigenvalue weighted by Gasteiger charge is -2.26. The van der Waals surface area contributed by atoms with Crippen LogP contribution in [0, 0.1) is 22.2 Å². The molecule has 0 saturated carbocycles. The van der Waals surface area contributed by atoms with Gasteiger partial charge in [0.15, 0.2) is 0 Å². The van der Waals surface area contributed by atoms with E-state index in [9.17, 15) is 4.79 Å². The van der Waals surface area contributed by atoms with Gasteiger partial charge in [-0.2, -0.15) is 5.26 Å². The van der Waals surface area contributed by atoms with Gasteiger partial charge in [-0.1, -0.05) is 13.8 Å². The van der Waals surface area contributed by atoms with Crippen LogP contribution in [0.3, 0.4) is 0 Å². The minimum absolute atomic E-state index is 0.0167. The van der Waals surface area contributed by atoms with Crippen LogP contribution < -0.4 is 5.32 Å². The van der Waals surface area contributed by atoms with Gasteiger partial charge in [0.05, 0.1) is 6.07 Å².